The van der Waals surface area contributed by atoms with Gasteiger partial charge in [0, 0.05) is 27.4 Å². The zero-order valence-corrected chi connectivity index (χ0v) is 24.0. The van der Waals surface area contributed by atoms with E-state index in [-0.39, 0.29) is 11.8 Å². The van der Waals surface area contributed by atoms with Crippen molar-refractivity contribution in [2.24, 2.45) is 0 Å². The molecule has 1 aromatic heterocycles. The van der Waals surface area contributed by atoms with Gasteiger partial charge in [-0.15, -0.1) is 24.5 Å². The van der Waals surface area contributed by atoms with Crippen LogP contribution < -0.4 is 0 Å². The molecule has 0 aliphatic carbocycles. The van der Waals surface area contributed by atoms with Crippen molar-refractivity contribution < 1.29 is 4.21 Å². The quantitative estimate of drug-likeness (QED) is 0.299. The molecular formula is C31H41NOS2. The van der Waals surface area contributed by atoms with E-state index >= 15 is 0 Å². The average Bonchev–Trinajstić information content (AvgIpc) is 3.42. The van der Waals surface area contributed by atoms with Crippen molar-refractivity contribution in [2.75, 3.05) is 5.75 Å². The fraction of sp³-hybridized carbons (Fsp3) is 0.323. The first-order chi connectivity index (χ1) is 17.0. The summed E-state index contributed by atoms with van der Waals surface area (Å²) in [5.74, 6) is 1.09. The highest BCUT2D eigenvalue weighted by Gasteiger charge is 2.20. The standard InChI is InChI=1S/C24H23NOS2.C3H6.2C2H6/c1-4-23(19-9-11-22(12-10-19)28(26)5-2)17(3)24-14-21(16-27-24)20-8-6-7-18(13-20)15-25;1-3-2;2*1-2/h4,6-14,16-17,23H,1,5H2,2-3H3;3H,1H2,2H3;2*1-2H3/t17?,23-,28?;;;/m0.../s1. The summed E-state index contributed by atoms with van der Waals surface area (Å²) in [6.45, 7) is 21.4. The molecule has 0 radical (unpaired) electrons. The lowest BCUT2D eigenvalue weighted by molar-refractivity contribution is 0.682. The van der Waals surface area contributed by atoms with Crippen LogP contribution >= 0.6 is 11.3 Å². The molecule has 2 aromatic carbocycles. The second-order valence-corrected chi connectivity index (χ2v) is 9.77. The Labute approximate surface area is 220 Å². The van der Waals surface area contributed by atoms with Gasteiger partial charge in [-0.3, -0.25) is 4.21 Å². The second-order valence-electron chi connectivity index (χ2n) is 7.09. The van der Waals surface area contributed by atoms with Crippen LogP contribution in [0.5, 0.6) is 0 Å². The normalized spacial score (nSPS) is 11.9. The van der Waals surface area contributed by atoms with Gasteiger partial charge >= 0.3 is 0 Å². The van der Waals surface area contributed by atoms with E-state index in [0.717, 1.165) is 16.0 Å². The molecule has 2 unspecified atom stereocenters. The molecule has 4 heteroatoms. The van der Waals surface area contributed by atoms with Crippen LogP contribution in [0.25, 0.3) is 11.1 Å². The molecule has 2 nitrogen and oxygen atoms in total. The molecule has 0 saturated heterocycles. The fourth-order valence-corrected chi connectivity index (χ4v) is 5.12. The zero-order chi connectivity index (χ0) is 26.8. The molecule has 35 heavy (non-hydrogen) atoms. The molecule has 3 rings (SSSR count). The highest BCUT2D eigenvalue weighted by atomic mass is 32.2. The summed E-state index contributed by atoms with van der Waals surface area (Å²) in [6.07, 6.45) is 3.74. The lowest BCUT2D eigenvalue weighted by Crippen LogP contribution is -2.05. The van der Waals surface area contributed by atoms with Gasteiger partial charge in [0.15, 0.2) is 0 Å². The van der Waals surface area contributed by atoms with Crippen LogP contribution in [0.4, 0.5) is 0 Å². The molecule has 188 valence electrons. The Morgan fingerprint density at radius 3 is 2.14 bits per heavy atom. The van der Waals surface area contributed by atoms with Crippen molar-refractivity contribution in [1.29, 1.82) is 5.26 Å². The third-order valence-electron chi connectivity index (χ3n) is 4.98. The topological polar surface area (TPSA) is 40.9 Å². The van der Waals surface area contributed by atoms with Gasteiger partial charge in [-0.05, 0) is 59.3 Å². The summed E-state index contributed by atoms with van der Waals surface area (Å²) in [7, 11) is -0.928. The first-order valence-electron chi connectivity index (χ1n) is 12.3. The van der Waals surface area contributed by atoms with Crippen LogP contribution in [0.3, 0.4) is 0 Å². The summed E-state index contributed by atoms with van der Waals surface area (Å²) in [6, 6.07) is 20.2. The molecule has 3 atom stereocenters. The second kappa shape index (κ2) is 18.6. The van der Waals surface area contributed by atoms with E-state index in [1.54, 1.807) is 17.4 Å². The Morgan fingerprint density at radius 2 is 1.63 bits per heavy atom. The number of nitriles is 1. The van der Waals surface area contributed by atoms with E-state index in [1.165, 1.54) is 10.4 Å². The van der Waals surface area contributed by atoms with Gasteiger partial charge in [0.25, 0.3) is 0 Å². The van der Waals surface area contributed by atoms with E-state index in [4.69, 9.17) is 5.26 Å². The number of benzene rings is 2. The minimum atomic E-state index is -0.928. The van der Waals surface area contributed by atoms with E-state index < -0.39 is 10.8 Å². The monoisotopic (exact) mass is 507 g/mol. The van der Waals surface area contributed by atoms with Gasteiger partial charge in [0.2, 0.25) is 0 Å². The molecular weight excluding hydrogens is 466 g/mol. The van der Waals surface area contributed by atoms with Gasteiger partial charge in [-0.1, -0.05) is 78.0 Å². The molecule has 0 spiro atoms. The number of hydrogen-bond acceptors (Lipinski definition) is 3. The third kappa shape index (κ3) is 9.80. The molecule has 0 saturated carbocycles. The zero-order valence-electron chi connectivity index (χ0n) is 22.4. The van der Waals surface area contributed by atoms with Crippen molar-refractivity contribution in [3.63, 3.8) is 0 Å². The molecule has 0 N–H and O–H groups in total. The lowest BCUT2D eigenvalue weighted by atomic mass is 9.86. The van der Waals surface area contributed by atoms with Crippen molar-refractivity contribution >= 4 is 22.1 Å². The summed E-state index contributed by atoms with van der Waals surface area (Å²) in [5, 5.41) is 11.3. The number of nitrogens with zero attached hydrogens (tertiary/aromatic N) is 1. The average molecular weight is 508 g/mol. The third-order valence-corrected chi connectivity index (χ3v) is 7.43. The van der Waals surface area contributed by atoms with Crippen molar-refractivity contribution in [3.05, 3.63) is 101 Å². The van der Waals surface area contributed by atoms with E-state index in [2.05, 4.69) is 49.7 Å². The molecule has 0 amide bonds. The summed E-state index contributed by atoms with van der Waals surface area (Å²) in [4.78, 5) is 2.15. The van der Waals surface area contributed by atoms with Crippen molar-refractivity contribution in [3.8, 4) is 17.2 Å². The van der Waals surface area contributed by atoms with Gasteiger partial charge < -0.3 is 0 Å². The molecule has 0 bridgehead atoms. The predicted molar refractivity (Wildman–Crippen MR) is 158 cm³/mol. The van der Waals surface area contributed by atoms with Crippen LogP contribution in [0, 0.1) is 11.3 Å². The minimum Gasteiger partial charge on any atom is -0.254 e. The summed E-state index contributed by atoms with van der Waals surface area (Å²) < 4.78 is 12.0. The molecule has 0 fully saturated rings. The fourth-order valence-electron chi connectivity index (χ4n) is 3.33. The highest BCUT2D eigenvalue weighted by molar-refractivity contribution is 7.85. The van der Waals surface area contributed by atoms with Crippen LogP contribution in [0.1, 0.15) is 76.3 Å². The summed E-state index contributed by atoms with van der Waals surface area (Å²) in [5.41, 5.74) is 4.06. The van der Waals surface area contributed by atoms with E-state index in [1.807, 2.05) is 84.0 Å². The molecule has 3 aromatic rings. The smallest absolute Gasteiger partial charge is 0.0991 e. The van der Waals surface area contributed by atoms with Gasteiger partial charge in [0.05, 0.1) is 22.4 Å². The first-order valence-corrected chi connectivity index (χ1v) is 14.5. The number of thiophene rings is 1. The van der Waals surface area contributed by atoms with Crippen molar-refractivity contribution in [1.82, 2.24) is 0 Å². The minimum absolute atomic E-state index is 0.182. The first kappa shape index (κ1) is 32.3. The lowest BCUT2D eigenvalue weighted by Gasteiger charge is -2.20. The maximum atomic E-state index is 12.0. The Balaban J connectivity index is 0.00000150. The maximum absolute atomic E-state index is 12.0. The Hall–Kier alpha value is -2.74. The highest BCUT2D eigenvalue weighted by Crippen LogP contribution is 2.39. The number of hydrogen-bond donors (Lipinski definition) is 0. The van der Waals surface area contributed by atoms with Crippen LogP contribution in [0.2, 0.25) is 0 Å². The summed E-state index contributed by atoms with van der Waals surface area (Å²) >= 11 is 1.74. The predicted octanol–water partition coefficient (Wildman–Crippen LogP) is 9.73. The van der Waals surface area contributed by atoms with E-state index in [9.17, 15) is 4.21 Å². The van der Waals surface area contributed by atoms with Crippen molar-refractivity contribution in [2.45, 2.75) is 65.2 Å². The number of rotatable bonds is 7. The van der Waals surface area contributed by atoms with E-state index in [0.29, 0.717) is 11.3 Å². The van der Waals surface area contributed by atoms with Gasteiger partial charge in [0.1, 0.15) is 0 Å². The largest absolute Gasteiger partial charge is 0.254 e. The van der Waals surface area contributed by atoms with Crippen LogP contribution in [0.15, 0.2) is 90.2 Å². The molecule has 0 aliphatic rings. The maximum Gasteiger partial charge on any atom is 0.0991 e. The Morgan fingerprint density at radius 1 is 1.03 bits per heavy atom. The van der Waals surface area contributed by atoms with Gasteiger partial charge in [-0.2, -0.15) is 5.26 Å². The van der Waals surface area contributed by atoms with Gasteiger partial charge in [-0.25, -0.2) is 0 Å². The SMILES string of the molecule is C=CC.C=C[C@H](c1ccc(S(=O)CC)cc1)C(C)c1cc(-c2cccc(C#N)c2)cs1.CC.CC. The van der Waals surface area contributed by atoms with Crippen LogP contribution in [-0.4, -0.2) is 9.96 Å². The Bertz CT molecular complexity index is 1070. The Kier molecular flexibility index (Phi) is 17.1. The van der Waals surface area contributed by atoms with Crippen LogP contribution in [-0.2, 0) is 10.8 Å². The molecule has 1 heterocycles. The number of allylic oxidation sites excluding steroid dienone is 2. The molecule has 0 aliphatic heterocycles.